The number of benzene rings is 4. The fourth-order valence-corrected chi connectivity index (χ4v) is 5.13. The van der Waals surface area contributed by atoms with E-state index < -0.39 is 28.5 Å². The highest BCUT2D eigenvalue weighted by Gasteiger charge is 2.28. The number of aliphatic imine (C=N–C) groups is 1. The second-order valence-electron chi connectivity index (χ2n) is 8.85. The first-order valence-electron chi connectivity index (χ1n) is 12.5. The minimum absolute atomic E-state index is 0.0206. The molecule has 4 aromatic carbocycles. The maximum absolute atomic E-state index is 13.6. The Labute approximate surface area is 237 Å². The molecule has 0 aliphatic rings. The van der Waals surface area contributed by atoms with E-state index in [-0.39, 0.29) is 35.3 Å². The van der Waals surface area contributed by atoms with Gasteiger partial charge in [0.15, 0.2) is 5.96 Å². The highest BCUT2D eigenvalue weighted by Crippen LogP contribution is 2.22. The number of carbonyl (C=O) groups is 2. The first kappa shape index (κ1) is 29.0. The summed E-state index contributed by atoms with van der Waals surface area (Å²) < 4.78 is 38.9. The number of hydrogen-bond donors (Lipinski definition) is 2. The summed E-state index contributed by atoms with van der Waals surface area (Å²) in [6.07, 6.45) is 0. The normalized spacial score (nSPS) is 11.0. The van der Waals surface area contributed by atoms with Gasteiger partial charge in [-0.2, -0.15) is 4.31 Å². The van der Waals surface area contributed by atoms with Crippen molar-refractivity contribution in [2.45, 2.75) is 18.0 Å². The molecule has 0 bridgehead atoms. The third-order valence-corrected chi connectivity index (χ3v) is 7.59. The topological polar surface area (TPSA) is 154 Å². The summed E-state index contributed by atoms with van der Waals surface area (Å²) in [5.74, 6) is -1.23. The van der Waals surface area contributed by atoms with Crippen molar-refractivity contribution in [1.82, 2.24) is 4.31 Å². The quantitative estimate of drug-likeness (QED) is 0.119. The van der Waals surface area contributed by atoms with E-state index in [1.54, 1.807) is 48.5 Å². The van der Waals surface area contributed by atoms with Crippen LogP contribution >= 0.6 is 0 Å². The highest BCUT2D eigenvalue weighted by atomic mass is 32.2. The number of nitrogens with two attached hydrogens (primary N) is 2. The van der Waals surface area contributed by atoms with Gasteiger partial charge in [0.1, 0.15) is 18.9 Å². The lowest BCUT2D eigenvalue weighted by Crippen LogP contribution is -2.36. The molecule has 10 nitrogen and oxygen atoms in total. The van der Waals surface area contributed by atoms with Gasteiger partial charge in [0.05, 0.1) is 16.1 Å². The van der Waals surface area contributed by atoms with Gasteiger partial charge in [-0.05, 0) is 59.7 Å². The Morgan fingerprint density at radius 1 is 0.756 bits per heavy atom. The summed E-state index contributed by atoms with van der Waals surface area (Å²) in [5.41, 5.74) is 12.8. The van der Waals surface area contributed by atoms with Crippen molar-refractivity contribution in [3.8, 4) is 5.75 Å². The van der Waals surface area contributed by atoms with Gasteiger partial charge in [0.2, 0.25) is 10.0 Å². The zero-order chi connectivity index (χ0) is 29.2. The first-order chi connectivity index (χ1) is 19.7. The molecule has 0 fully saturated rings. The molecule has 4 N–H and O–H groups in total. The number of sulfonamides is 1. The molecule has 210 valence electrons. The molecule has 4 rings (SSSR count). The lowest BCUT2D eigenvalue weighted by Gasteiger charge is -2.22. The average molecular weight is 573 g/mol. The van der Waals surface area contributed by atoms with Gasteiger partial charge in [-0.15, -0.1) is 0 Å². The van der Waals surface area contributed by atoms with Crippen LogP contribution in [0.3, 0.4) is 0 Å². The van der Waals surface area contributed by atoms with Crippen LogP contribution in [0.5, 0.6) is 5.75 Å². The maximum atomic E-state index is 13.6. The summed E-state index contributed by atoms with van der Waals surface area (Å²) in [7, 11) is -4.15. The van der Waals surface area contributed by atoms with Crippen LogP contribution in [0, 0.1) is 0 Å². The molecule has 0 radical (unpaired) electrons. The van der Waals surface area contributed by atoms with E-state index in [1.807, 2.05) is 24.3 Å². The molecule has 4 aromatic rings. The van der Waals surface area contributed by atoms with Gasteiger partial charge >= 0.3 is 11.9 Å². The van der Waals surface area contributed by atoms with Crippen molar-refractivity contribution < 1.29 is 27.5 Å². The molecule has 0 spiro atoms. The van der Waals surface area contributed by atoms with E-state index in [1.165, 1.54) is 36.4 Å². The standard InChI is InChI=1S/C30H28N4O6S/c31-30(32)33-25-13-15-26(16-14-25)40-29(36)24-11-17-27(18-12-24)41(37,38)34(19-22-7-3-1-4-8-22)20-28(35)39-21-23-9-5-2-6-10-23/h1-18H,19-21H2,(H4,31,32,33). The van der Waals surface area contributed by atoms with Crippen molar-refractivity contribution in [2.24, 2.45) is 16.5 Å². The van der Waals surface area contributed by atoms with Crippen LogP contribution in [0.4, 0.5) is 5.69 Å². The summed E-state index contributed by atoms with van der Waals surface area (Å²) in [6, 6.07) is 29.5. The molecule has 0 unspecified atom stereocenters. The van der Waals surface area contributed by atoms with Crippen LogP contribution in [-0.4, -0.2) is 37.2 Å². The molecule has 0 atom stereocenters. The predicted molar refractivity (Wildman–Crippen MR) is 154 cm³/mol. The Balaban J connectivity index is 1.48. The van der Waals surface area contributed by atoms with E-state index in [0.29, 0.717) is 11.3 Å². The Morgan fingerprint density at radius 3 is 1.93 bits per heavy atom. The van der Waals surface area contributed by atoms with Crippen LogP contribution in [0.15, 0.2) is 119 Å². The number of guanidine groups is 1. The van der Waals surface area contributed by atoms with Crippen LogP contribution in [-0.2, 0) is 32.7 Å². The fourth-order valence-electron chi connectivity index (χ4n) is 3.76. The van der Waals surface area contributed by atoms with E-state index in [2.05, 4.69) is 4.99 Å². The smallest absolute Gasteiger partial charge is 0.343 e. The Hall–Kier alpha value is -5.00. The minimum Gasteiger partial charge on any atom is -0.460 e. The molecule has 41 heavy (non-hydrogen) atoms. The minimum atomic E-state index is -4.15. The Kier molecular flexibility index (Phi) is 9.46. The second-order valence-corrected chi connectivity index (χ2v) is 10.8. The number of esters is 2. The number of rotatable bonds is 11. The van der Waals surface area contributed by atoms with Gasteiger partial charge in [0, 0.05) is 6.54 Å². The molecule has 0 amide bonds. The van der Waals surface area contributed by atoms with Crippen molar-refractivity contribution in [1.29, 1.82) is 0 Å². The van der Waals surface area contributed by atoms with Gasteiger partial charge in [0.25, 0.3) is 0 Å². The van der Waals surface area contributed by atoms with E-state index in [0.717, 1.165) is 9.87 Å². The Morgan fingerprint density at radius 2 is 1.34 bits per heavy atom. The summed E-state index contributed by atoms with van der Waals surface area (Å²) in [6.45, 7) is -0.528. The van der Waals surface area contributed by atoms with Crippen LogP contribution in [0.2, 0.25) is 0 Å². The molecular weight excluding hydrogens is 544 g/mol. The van der Waals surface area contributed by atoms with Crippen molar-refractivity contribution in [3.05, 3.63) is 126 Å². The lowest BCUT2D eigenvalue weighted by atomic mass is 10.2. The number of hydrogen-bond acceptors (Lipinski definition) is 7. The molecule has 0 saturated carbocycles. The van der Waals surface area contributed by atoms with Crippen LogP contribution in [0.1, 0.15) is 21.5 Å². The number of nitrogens with zero attached hydrogens (tertiary/aromatic N) is 2. The number of carbonyl (C=O) groups excluding carboxylic acids is 2. The Bertz CT molecular complexity index is 1610. The summed E-state index contributed by atoms with van der Waals surface area (Å²) in [4.78, 5) is 29.1. The van der Waals surface area contributed by atoms with Gasteiger partial charge in [-0.3, -0.25) is 4.79 Å². The molecule has 11 heteroatoms. The molecule has 0 heterocycles. The van der Waals surface area contributed by atoms with Gasteiger partial charge in [-0.1, -0.05) is 60.7 Å². The van der Waals surface area contributed by atoms with Crippen LogP contribution < -0.4 is 16.2 Å². The third-order valence-electron chi connectivity index (χ3n) is 5.78. The summed E-state index contributed by atoms with van der Waals surface area (Å²) in [5, 5.41) is 0. The van der Waals surface area contributed by atoms with E-state index >= 15 is 0 Å². The maximum Gasteiger partial charge on any atom is 0.343 e. The third kappa shape index (κ3) is 8.24. The van der Waals surface area contributed by atoms with E-state index in [9.17, 15) is 18.0 Å². The monoisotopic (exact) mass is 572 g/mol. The zero-order valence-corrected chi connectivity index (χ0v) is 22.7. The fraction of sp³-hybridized carbons (Fsp3) is 0.100. The summed E-state index contributed by atoms with van der Waals surface area (Å²) >= 11 is 0. The molecular formula is C30H28N4O6S. The second kappa shape index (κ2) is 13.4. The molecule has 0 saturated heterocycles. The molecule has 0 aromatic heterocycles. The average Bonchev–Trinajstić information content (AvgIpc) is 2.97. The van der Waals surface area contributed by atoms with Gasteiger partial charge in [-0.25, -0.2) is 18.2 Å². The van der Waals surface area contributed by atoms with E-state index in [4.69, 9.17) is 20.9 Å². The first-order valence-corrected chi connectivity index (χ1v) is 13.9. The van der Waals surface area contributed by atoms with Crippen molar-refractivity contribution >= 4 is 33.6 Å². The lowest BCUT2D eigenvalue weighted by molar-refractivity contribution is -0.145. The number of ether oxygens (including phenoxy) is 2. The van der Waals surface area contributed by atoms with Crippen molar-refractivity contribution in [2.75, 3.05) is 6.54 Å². The largest absolute Gasteiger partial charge is 0.460 e. The predicted octanol–water partition coefficient (Wildman–Crippen LogP) is 3.75. The highest BCUT2D eigenvalue weighted by molar-refractivity contribution is 7.89. The molecule has 0 aliphatic heterocycles. The zero-order valence-electron chi connectivity index (χ0n) is 21.9. The SMILES string of the molecule is NC(N)=Nc1ccc(OC(=O)c2ccc(S(=O)(=O)N(CC(=O)OCc3ccccc3)Cc3ccccc3)cc2)cc1. The van der Waals surface area contributed by atoms with Crippen LogP contribution in [0.25, 0.3) is 0 Å². The molecule has 0 aliphatic carbocycles. The van der Waals surface area contributed by atoms with Crippen molar-refractivity contribution in [3.63, 3.8) is 0 Å². The van der Waals surface area contributed by atoms with Gasteiger partial charge < -0.3 is 20.9 Å².